The van der Waals surface area contributed by atoms with Gasteiger partial charge in [0, 0.05) is 35.4 Å². The van der Waals surface area contributed by atoms with Gasteiger partial charge in [0.05, 0.1) is 30.0 Å². The fourth-order valence-corrected chi connectivity index (χ4v) is 3.01. The summed E-state index contributed by atoms with van der Waals surface area (Å²) in [6.45, 7) is 0.414. The van der Waals surface area contributed by atoms with Gasteiger partial charge < -0.3 is 20.8 Å². The summed E-state index contributed by atoms with van der Waals surface area (Å²) in [4.78, 5) is 11.6. The van der Waals surface area contributed by atoms with Gasteiger partial charge in [-0.1, -0.05) is 18.2 Å². The monoisotopic (exact) mass is 359 g/mol. The normalized spacial score (nSPS) is 12.0. The van der Waals surface area contributed by atoms with E-state index in [1.807, 2.05) is 36.5 Å². The minimum atomic E-state index is -0.112. The van der Waals surface area contributed by atoms with Crippen molar-refractivity contribution in [2.45, 2.75) is 12.5 Å². The number of aromatic nitrogens is 3. The molecule has 0 aliphatic carbocycles. The third kappa shape index (κ3) is 4.24. The quantitative estimate of drug-likeness (QED) is 0.469. The number of ether oxygens (including phenoxy) is 1. The smallest absolute Gasteiger partial charge is 0.139 e. The number of hydrogen-bond donors (Lipinski definition) is 3. The predicted octanol–water partition coefficient (Wildman–Crippen LogP) is 3.65. The molecule has 1 atom stereocenters. The maximum atomic E-state index is 6.28. The lowest BCUT2D eigenvalue weighted by Gasteiger charge is -2.13. The Balaban J connectivity index is 1.36. The highest BCUT2D eigenvalue weighted by Crippen LogP contribution is 2.21. The molecule has 0 radical (unpaired) electrons. The molecule has 4 N–H and O–H groups in total. The summed E-state index contributed by atoms with van der Waals surface area (Å²) in [5.74, 6) is 0.679. The Morgan fingerprint density at radius 2 is 1.93 bits per heavy atom. The minimum Gasteiger partial charge on any atom is -0.490 e. The van der Waals surface area contributed by atoms with E-state index in [0.717, 1.165) is 23.3 Å². The van der Waals surface area contributed by atoms with E-state index in [4.69, 9.17) is 10.5 Å². The van der Waals surface area contributed by atoms with Crippen LogP contribution in [0.1, 0.15) is 5.56 Å². The van der Waals surface area contributed by atoms with E-state index in [0.29, 0.717) is 12.4 Å². The van der Waals surface area contributed by atoms with Gasteiger partial charge >= 0.3 is 0 Å². The van der Waals surface area contributed by atoms with E-state index in [1.54, 1.807) is 24.8 Å². The lowest BCUT2D eigenvalue weighted by atomic mass is 10.1. The van der Waals surface area contributed by atoms with E-state index in [-0.39, 0.29) is 6.04 Å². The molecule has 1 aromatic carbocycles. The molecule has 4 aromatic rings. The molecule has 0 spiro atoms. The summed E-state index contributed by atoms with van der Waals surface area (Å²) >= 11 is 0. The average molecular weight is 359 g/mol. The van der Waals surface area contributed by atoms with Crippen molar-refractivity contribution in [2.24, 2.45) is 5.73 Å². The van der Waals surface area contributed by atoms with Crippen molar-refractivity contribution in [3.05, 3.63) is 79.0 Å². The molecule has 3 aromatic heterocycles. The fraction of sp³-hybridized carbons (Fsp3) is 0.143. The highest BCUT2D eigenvalue weighted by atomic mass is 16.5. The Bertz CT molecular complexity index is 1020. The molecule has 0 saturated heterocycles. The molecule has 6 nitrogen and oxygen atoms in total. The Morgan fingerprint density at radius 3 is 2.81 bits per heavy atom. The third-order valence-corrected chi connectivity index (χ3v) is 4.28. The van der Waals surface area contributed by atoms with Gasteiger partial charge in [-0.15, -0.1) is 0 Å². The Morgan fingerprint density at radius 1 is 1.04 bits per heavy atom. The van der Waals surface area contributed by atoms with Gasteiger partial charge in [0.25, 0.3) is 0 Å². The average Bonchev–Trinajstić information content (AvgIpc) is 3.10. The molecule has 4 rings (SSSR count). The van der Waals surface area contributed by atoms with Crippen LogP contribution >= 0.6 is 0 Å². The molecule has 0 aliphatic heterocycles. The summed E-state index contributed by atoms with van der Waals surface area (Å²) in [6, 6.07) is 13.8. The number of anilines is 2. The third-order valence-electron chi connectivity index (χ3n) is 4.28. The van der Waals surface area contributed by atoms with Crippen LogP contribution in [-0.2, 0) is 6.42 Å². The maximum Gasteiger partial charge on any atom is 0.139 e. The second-order valence-corrected chi connectivity index (χ2v) is 6.41. The topological polar surface area (TPSA) is 88.8 Å². The van der Waals surface area contributed by atoms with E-state index >= 15 is 0 Å². The van der Waals surface area contributed by atoms with Crippen molar-refractivity contribution >= 4 is 22.3 Å². The van der Waals surface area contributed by atoms with Gasteiger partial charge in [-0.3, -0.25) is 9.97 Å². The predicted molar refractivity (Wildman–Crippen MR) is 107 cm³/mol. The van der Waals surface area contributed by atoms with Gasteiger partial charge in [-0.25, -0.2) is 0 Å². The van der Waals surface area contributed by atoms with Crippen LogP contribution in [0.2, 0.25) is 0 Å². The van der Waals surface area contributed by atoms with Crippen LogP contribution in [0.15, 0.2) is 73.4 Å². The van der Waals surface area contributed by atoms with Crippen LogP contribution in [0.3, 0.4) is 0 Å². The largest absolute Gasteiger partial charge is 0.490 e. The lowest BCUT2D eigenvalue weighted by Crippen LogP contribution is -2.30. The first-order valence-electron chi connectivity index (χ1n) is 8.83. The van der Waals surface area contributed by atoms with E-state index < -0.39 is 0 Å². The fourth-order valence-electron chi connectivity index (χ4n) is 3.01. The van der Waals surface area contributed by atoms with E-state index in [9.17, 15) is 0 Å². The van der Waals surface area contributed by atoms with Crippen LogP contribution in [0.25, 0.3) is 10.9 Å². The molecule has 3 heterocycles. The van der Waals surface area contributed by atoms with E-state index in [2.05, 4.69) is 32.4 Å². The van der Waals surface area contributed by atoms with Gasteiger partial charge in [0.2, 0.25) is 0 Å². The van der Waals surface area contributed by atoms with Crippen molar-refractivity contribution in [2.75, 3.05) is 11.9 Å². The number of fused-ring (bicyclic) bond motifs is 1. The number of aromatic amines is 1. The molecule has 0 aliphatic rings. The van der Waals surface area contributed by atoms with E-state index in [1.165, 1.54) is 10.9 Å². The lowest BCUT2D eigenvalue weighted by molar-refractivity contribution is 0.287. The van der Waals surface area contributed by atoms with Gasteiger partial charge in [-0.05, 0) is 30.2 Å². The SMILES string of the molecule is N[C@H](COc1cncc(Nc2cccnc2)c1)Cc1c[nH]c2ccccc12. The maximum absolute atomic E-state index is 6.28. The number of H-pyrrole nitrogens is 1. The van der Waals surface area contributed by atoms with Gasteiger partial charge in [0.15, 0.2) is 0 Å². The van der Waals surface area contributed by atoms with Crippen molar-refractivity contribution in [1.82, 2.24) is 15.0 Å². The summed E-state index contributed by atoms with van der Waals surface area (Å²) in [7, 11) is 0. The minimum absolute atomic E-state index is 0.112. The second-order valence-electron chi connectivity index (χ2n) is 6.41. The van der Waals surface area contributed by atoms with Crippen LogP contribution < -0.4 is 15.8 Å². The number of benzene rings is 1. The molecule has 0 fully saturated rings. The van der Waals surface area contributed by atoms with Crippen molar-refractivity contribution < 1.29 is 4.74 Å². The van der Waals surface area contributed by atoms with Crippen molar-refractivity contribution in [3.63, 3.8) is 0 Å². The first kappa shape index (κ1) is 17.1. The second kappa shape index (κ2) is 7.88. The number of pyridine rings is 2. The summed E-state index contributed by atoms with van der Waals surface area (Å²) in [6.07, 6.45) is 9.68. The Hall–Kier alpha value is -3.38. The van der Waals surface area contributed by atoms with Crippen molar-refractivity contribution in [3.8, 4) is 5.75 Å². The standard InChI is InChI=1S/C21H21N5O/c22-16(8-15-10-25-21-6-2-1-5-20(15)21)14-27-19-9-18(12-24-13-19)26-17-4-3-7-23-11-17/h1-7,9-13,16,25-26H,8,14,22H2/t16-/m0/s1. The summed E-state index contributed by atoms with van der Waals surface area (Å²) in [5, 5.41) is 4.45. The molecule has 27 heavy (non-hydrogen) atoms. The molecule has 136 valence electrons. The van der Waals surface area contributed by atoms with Gasteiger partial charge in [-0.2, -0.15) is 0 Å². The van der Waals surface area contributed by atoms with Crippen molar-refractivity contribution in [1.29, 1.82) is 0 Å². The Kier molecular flexibility index (Phi) is 4.98. The Labute approximate surface area is 157 Å². The molecular formula is C21H21N5O. The first-order valence-corrected chi connectivity index (χ1v) is 8.83. The highest BCUT2D eigenvalue weighted by Gasteiger charge is 2.10. The van der Waals surface area contributed by atoms with Crippen LogP contribution in [0.4, 0.5) is 11.4 Å². The summed E-state index contributed by atoms with van der Waals surface area (Å²) < 4.78 is 5.85. The van der Waals surface area contributed by atoms with Crippen LogP contribution in [0.5, 0.6) is 5.75 Å². The zero-order valence-electron chi connectivity index (χ0n) is 14.8. The number of nitrogens with zero attached hydrogens (tertiary/aromatic N) is 2. The molecule has 0 bridgehead atoms. The number of para-hydroxylation sites is 1. The van der Waals surface area contributed by atoms with Crippen LogP contribution in [-0.4, -0.2) is 27.6 Å². The molecule has 0 amide bonds. The van der Waals surface area contributed by atoms with Gasteiger partial charge in [0.1, 0.15) is 12.4 Å². The molecule has 6 heteroatoms. The number of nitrogens with two attached hydrogens (primary N) is 1. The number of hydrogen-bond acceptors (Lipinski definition) is 5. The zero-order chi connectivity index (χ0) is 18.5. The summed E-state index contributed by atoms with van der Waals surface area (Å²) in [5.41, 5.74) is 10.3. The van der Waals surface area contributed by atoms with Crippen LogP contribution in [0, 0.1) is 0 Å². The number of nitrogens with one attached hydrogen (secondary N) is 2. The first-order chi connectivity index (χ1) is 13.3. The molecular weight excluding hydrogens is 338 g/mol. The number of rotatable bonds is 7. The molecule has 0 unspecified atom stereocenters. The highest BCUT2D eigenvalue weighted by molar-refractivity contribution is 5.83. The zero-order valence-corrected chi connectivity index (χ0v) is 14.8. The molecule has 0 saturated carbocycles.